The van der Waals surface area contributed by atoms with Gasteiger partial charge in [0.25, 0.3) is 0 Å². The van der Waals surface area contributed by atoms with Gasteiger partial charge in [-0.15, -0.1) is 0 Å². The molecule has 0 saturated heterocycles. The van der Waals surface area contributed by atoms with Crippen molar-refractivity contribution in [3.05, 3.63) is 11.6 Å². The minimum absolute atomic E-state index is 0.489. The largest absolute Gasteiger partial charge is 0.330 e. The molecule has 0 radical (unpaired) electrons. The summed E-state index contributed by atoms with van der Waals surface area (Å²) < 4.78 is 0. The average molecular weight is 471 g/mol. The van der Waals surface area contributed by atoms with Crippen molar-refractivity contribution in [3.63, 3.8) is 0 Å². The summed E-state index contributed by atoms with van der Waals surface area (Å²) >= 11 is 0. The van der Waals surface area contributed by atoms with Crippen molar-refractivity contribution in [2.24, 2.45) is 52.1 Å². The zero-order valence-electron chi connectivity index (χ0n) is 23.5. The van der Waals surface area contributed by atoms with Crippen molar-refractivity contribution in [3.8, 4) is 0 Å². The van der Waals surface area contributed by atoms with Crippen LogP contribution in [0.15, 0.2) is 11.6 Å². The quantitative estimate of drug-likeness (QED) is 0.236. The van der Waals surface area contributed by atoms with Crippen molar-refractivity contribution >= 4 is 0 Å². The number of hydrogen-bond acceptors (Lipinski definition) is 2. The summed E-state index contributed by atoms with van der Waals surface area (Å²) in [6, 6.07) is 0.619. The zero-order chi connectivity index (χ0) is 24.3. The highest BCUT2D eigenvalue weighted by Crippen LogP contribution is 2.67. The van der Waals surface area contributed by atoms with Crippen LogP contribution in [0.25, 0.3) is 0 Å². The van der Waals surface area contributed by atoms with Gasteiger partial charge in [0.2, 0.25) is 0 Å². The molecule has 4 aliphatic rings. The number of fused-ring (bicyclic) bond motifs is 5. The maximum atomic E-state index is 5.66. The Morgan fingerprint density at radius 2 is 1.74 bits per heavy atom. The Bertz CT molecular complexity index is 682. The van der Waals surface area contributed by atoms with Crippen LogP contribution in [0, 0.1) is 46.3 Å². The number of hydrogen-bond donors (Lipinski definition) is 2. The fourth-order valence-electron chi connectivity index (χ4n) is 9.65. The molecule has 0 aromatic carbocycles. The van der Waals surface area contributed by atoms with E-state index in [1.807, 2.05) is 5.57 Å². The Morgan fingerprint density at radius 1 is 0.912 bits per heavy atom. The van der Waals surface area contributed by atoms with Gasteiger partial charge in [0.15, 0.2) is 0 Å². The molecule has 0 aliphatic heterocycles. The number of rotatable bonds is 11. The van der Waals surface area contributed by atoms with E-state index >= 15 is 0 Å². The average Bonchev–Trinajstić information content (AvgIpc) is 3.16. The van der Waals surface area contributed by atoms with Gasteiger partial charge in [-0.3, -0.25) is 0 Å². The molecule has 3 fully saturated rings. The zero-order valence-corrected chi connectivity index (χ0v) is 23.5. The molecule has 34 heavy (non-hydrogen) atoms. The Hall–Kier alpha value is -0.340. The van der Waals surface area contributed by atoms with E-state index in [4.69, 9.17) is 5.73 Å². The van der Waals surface area contributed by atoms with Crippen molar-refractivity contribution in [1.29, 1.82) is 0 Å². The summed E-state index contributed by atoms with van der Waals surface area (Å²) in [5.41, 5.74) is 8.60. The van der Waals surface area contributed by atoms with Crippen LogP contribution in [-0.4, -0.2) is 19.1 Å². The fraction of sp³-hybridized carbons (Fsp3) is 0.938. The van der Waals surface area contributed by atoms with Crippen LogP contribution < -0.4 is 11.1 Å². The molecule has 0 amide bonds. The van der Waals surface area contributed by atoms with Gasteiger partial charge < -0.3 is 11.1 Å². The van der Waals surface area contributed by atoms with E-state index in [-0.39, 0.29) is 0 Å². The number of nitrogens with one attached hydrogen (secondary N) is 1. The van der Waals surface area contributed by atoms with Crippen LogP contribution in [-0.2, 0) is 0 Å². The molecule has 0 aromatic rings. The van der Waals surface area contributed by atoms with Crippen molar-refractivity contribution < 1.29 is 0 Å². The molecule has 0 unspecified atom stereocenters. The summed E-state index contributed by atoms with van der Waals surface area (Å²) in [5, 5.41) is 3.87. The lowest BCUT2D eigenvalue weighted by Gasteiger charge is -2.59. The van der Waals surface area contributed by atoms with E-state index < -0.39 is 0 Å². The molecule has 4 rings (SSSR count). The first-order chi connectivity index (χ1) is 16.3. The monoisotopic (exact) mass is 470 g/mol. The van der Waals surface area contributed by atoms with Gasteiger partial charge in [0.1, 0.15) is 0 Å². The van der Waals surface area contributed by atoms with E-state index in [0.717, 1.165) is 48.6 Å². The molecule has 196 valence electrons. The van der Waals surface area contributed by atoms with Crippen LogP contribution in [0.5, 0.6) is 0 Å². The lowest BCUT2D eigenvalue weighted by atomic mass is 9.46. The Kier molecular flexibility index (Phi) is 8.93. The van der Waals surface area contributed by atoms with Gasteiger partial charge in [-0.2, -0.15) is 0 Å². The second-order valence-corrected chi connectivity index (χ2v) is 14.0. The van der Waals surface area contributed by atoms with E-state index in [1.165, 1.54) is 89.9 Å². The number of allylic oxidation sites excluding steroid dienone is 1. The third-order valence-corrected chi connectivity index (χ3v) is 11.6. The molecule has 0 bridgehead atoms. The molecule has 2 nitrogen and oxygen atoms in total. The molecule has 0 heterocycles. The van der Waals surface area contributed by atoms with Gasteiger partial charge in [0, 0.05) is 6.04 Å². The first-order valence-corrected chi connectivity index (χ1v) is 15.4. The normalized spacial score (nSPS) is 40.4. The number of unbranched alkanes of at least 4 members (excludes halogenated alkanes) is 2. The van der Waals surface area contributed by atoms with E-state index in [2.05, 4.69) is 46.0 Å². The highest BCUT2D eigenvalue weighted by Gasteiger charge is 2.59. The SMILES string of the molecule is CC(C)CCC[C@@H](C)[C@H]1CC[C@H]2[C@@H]3CCC4=C[C@@H](NCCCCCN)CC[C@]4(C)[C@H]3CC[C@]12C. The van der Waals surface area contributed by atoms with Crippen molar-refractivity contribution in [2.45, 2.75) is 131 Å². The minimum Gasteiger partial charge on any atom is -0.330 e. The first-order valence-electron chi connectivity index (χ1n) is 15.4. The summed E-state index contributed by atoms with van der Waals surface area (Å²) in [4.78, 5) is 0. The van der Waals surface area contributed by atoms with Gasteiger partial charge >= 0.3 is 0 Å². The van der Waals surface area contributed by atoms with Crippen LogP contribution in [0.4, 0.5) is 0 Å². The molecule has 2 heteroatoms. The van der Waals surface area contributed by atoms with Gasteiger partial charge in [-0.05, 0) is 124 Å². The summed E-state index contributed by atoms with van der Waals surface area (Å²) in [6.07, 6.45) is 22.4. The molecule has 3 N–H and O–H groups in total. The molecule has 4 aliphatic carbocycles. The van der Waals surface area contributed by atoms with Crippen LogP contribution in [0.2, 0.25) is 0 Å². The first kappa shape index (κ1) is 26.7. The standard InChI is InChI=1S/C32H58N2/c1-23(2)10-9-11-24(3)28-14-15-29-27-13-12-25-22-26(34-21-8-6-7-20-33)16-18-31(25,4)30(27)17-19-32(28,29)5/h22-24,26-30,34H,6-21,33H2,1-5H3/t24-,26+,27+,28-,29+,30+,31+,32-/m1/s1. The van der Waals surface area contributed by atoms with Gasteiger partial charge in [-0.1, -0.05) is 72.0 Å². The molecule has 8 atom stereocenters. The highest BCUT2D eigenvalue weighted by molar-refractivity contribution is 5.26. The maximum Gasteiger partial charge on any atom is 0.0253 e. The summed E-state index contributed by atoms with van der Waals surface area (Å²) in [7, 11) is 0. The topological polar surface area (TPSA) is 38.0 Å². The lowest BCUT2D eigenvalue weighted by Crippen LogP contribution is -2.51. The molecular formula is C32H58N2. The second-order valence-electron chi connectivity index (χ2n) is 14.0. The minimum atomic E-state index is 0.489. The van der Waals surface area contributed by atoms with Gasteiger partial charge in [0.05, 0.1) is 0 Å². The summed E-state index contributed by atoms with van der Waals surface area (Å²) in [6.45, 7) is 14.8. The van der Waals surface area contributed by atoms with Crippen molar-refractivity contribution in [1.82, 2.24) is 5.32 Å². The Labute approximate surface area is 212 Å². The maximum absolute atomic E-state index is 5.66. The van der Waals surface area contributed by atoms with Crippen LogP contribution >= 0.6 is 0 Å². The van der Waals surface area contributed by atoms with Crippen LogP contribution in [0.3, 0.4) is 0 Å². The molecule has 0 aromatic heterocycles. The van der Waals surface area contributed by atoms with E-state index in [9.17, 15) is 0 Å². The Balaban J connectivity index is 1.38. The highest BCUT2D eigenvalue weighted by atomic mass is 14.9. The van der Waals surface area contributed by atoms with Crippen molar-refractivity contribution in [2.75, 3.05) is 13.1 Å². The Morgan fingerprint density at radius 3 is 2.50 bits per heavy atom. The molecular weight excluding hydrogens is 412 g/mol. The smallest absolute Gasteiger partial charge is 0.0253 e. The third-order valence-electron chi connectivity index (χ3n) is 11.6. The van der Waals surface area contributed by atoms with Gasteiger partial charge in [-0.25, -0.2) is 0 Å². The molecule has 0 spiro atoms. The van der Waals surface area contributed by atoms with E-state index in [1.54, 1.807) is 0 Å². The predicted octanol–water partition coefficient (Wildman–Crippen LogP) is 8.12. The predicted molar refractivity (Wildman–Crippen MR) is 148 cm³/mol. The number of nitrogens with two attached hydrogens (primary N) is 1. The van der Waals surface area contributed by atoms with E-state index in [0.29, 0.717) is 16.9 Å². The second kappa shape index (κ2) is 11.4. The fourth-order valence-corrected chi connectivity index (χ4v) is 9.65. The molecule has 3 saturated carbocycles. The summed E-state index contributed by atoms with van der Waals surface area (Å²) in [5.74, 6) is 5.71. The lowest BCUT2D eigenvalue weighted by molar-refractivity contribution is -0.0599. The van der Waals surface area contributed by atoms with Crippen LogP contribution in [0.1, 0.15) is 125 Å². The third kappa shape index (κ3) is 5.34.